The molecule has 6 heteroatoms. The van der Waals surface area contributed by atoms with Crippen LogP contribution in [-0.2, 0) is 0 Å². The van der Waals surface area contributed by atoms with E-state index in [1.54, 1.807) is 0 Å². The lowest BCUT2D eigenvalue weighted by Gasteiger charge is -2.12. The molecule has 18 aromatic rings. The van der Waals surface area contributed by atoms with Gasteiger partial charge in [-0.3, -0.25) is 0 Å². The molecule has 0 bridgehead atoms. The molecule has 6 nitrogen and oxygen atoms in total. The zero-order valence-corrected chi connectivity index (χ0v) is 41.9. The van der Waals surface area contributed by atoms with Gasteiger partial charge in [0, 0.05) is 87.8 Å². The maximum atomic E-state index is 6.82. The van der Waals surface area contributed by atoms with Gasteiger partial charge >= 0.3 is 0 Å². The molecule has 362 valence electrons. The highest BCUT2D eigenvalue weighted by Crippen LogP contribution is 2.46. The Morgan fingerprint density at radius 2 is 0.705 bits per heavy atom. The van der Waals surface area contributed by atoms with Crippen LogP contribution in [0.15, 0.2) is 264 Å². The van der Waals surface area contributed by atoms with Gasteiger partial charge in [0.05, 0.1) is 49.8 Å². The largest absolute Gasteiger partial charge is 0.456 e. The van der Waals surface area contributed by atoms with Crippen LogP contribution < -0.4 is 0 Å². The van der Waals surface area contributed by atoms with E-state index in [0.717, 1.165) is 105 Å². The molecule has 0 aliphatic heterocycles. The molecule has 0 saturated heterocycles. The number of furan rings is 2. The van der Waals surface area contributed by atoms with E-state index in [9.17, 15) is 0 Å². The van der Waals surface area contributed by atoms with Gasteiger partial charge in [0.25, 0.3) is 0 Å². The fourth-order valence-electron chi connectivity index (χ4n) is 13.5. The van der Waals surface area contributed by atoms with Crippen LogP contribution in [0.4, 0.5) is 0 Å². The molecule has 78 heavy (non-hydrogen) atoms. The third kappa shape index (κ3) is 5.59. The fraction of sp³-hybridized carbons (Fsp3) is 0. The minimum atomic E-state index is 0.868. The smallest absolute Gasteiger partial charge is 0.159 e. The van der Waals surface area contributed by atoms with E-state index in [4.69, 9.17) is 8.83 Å². The fourth-order valence-corrected chi connectivity index (χ4v) is 13.5. The summed E-state index contributed by atoms with van der Waals surface area (Å²) in [5.74, 6) is 0. The van der Waals surface area contributed by atoms with Crippen LogP contribution in [0.2, 0.25) is 0 Å². The van der Waals surface area contributed by atoms with Gasteiger partial charge in [0.2, 0.25) is 0 Å². The molecule has 0 aliphatic carbocycles. The number of nitrogens with zero attached hydrogens (tertiary/aromatic N) is 4. The lowest BCUT2D eigenvalue weighted by molar-refractivity contribution is 0.666. The van der Waals surface area contributed by atoms with Crippen molar-refractivity contribution in [2.24, 2.45) is 0 Å². The molecule has 0 unspecified atom stereocenters. The lowest BCUT2D eigenvalue weighted by Crippen LogP contribution is -1.96. The van der Waals surface area contributed by atoms with Crippen LogP contribution in [0.5, 0.6) is 0 Å². The lowest BCUT2D eigenvalue weighted by atomic mass is 10.0. The molecule has 6 heterocycles. The van der Waals surface area contributed by atoms with Crippen LogP contribution in [0, 0.1) is 0 Å². The molecule has 0 fully saturated rings. The van der Waals surface area contributed by atoms with Crippen molar-refractivity contribution < 1.29 is 8.83 Å². The Balaban J connectivity index is 0.847. The molecular weight excluding hydrogens is 953 g/mol. The minimum Gasteiger partial charge on any atom is -0.456 e. The summed E-state index contributed by atoms with van der Waals surface area (Å²) in [6.07, 6.45) is 0. The molecule has 0 aliphatic rings. The van der Waals surface area contributed by atoms with Crippen molar-refractivity contribution in [1.29, 1.82) is 0 Å². The quantitative estimate of drug-likeness (QED) is 0.172. The van der Waals surface area contributed by atoms with Gasteiger partial charge in [-0.1, -0.05) is 158 Å². The minimum absolute atomic E-state index is 0.868. The first-order valence-corrected chi connectivity index (χ1v) is 26.7. The second-order valence-corrected chi connectivity index (χ2v) is 20.7. The summed E-state index contributed by atoms with van der Waals surface area (Å²) >= 11 is 0. The summed E-state index contributed by atoms with van der Waals surface area (Å²) in [5.41, 5.74) is 19.3. The number of aromatic nitrogens is 4. The Bertz CT molecular complexity index is 5560. The van der Waals surface area contributed by atoms with E-state index >= 15 is 0 Å². The third-order valence-corrected chi connectivity index (χ3v) is 16.8. The molecule has 0 N–H and O–H groups in total. The van der Waals surface area contributed by atoms with Crippen LogP contribution in [0.1, 0.15) is 0 Å². The van der Waals surface area contributed by atoms with Crippen molar-refractivity contribution in [3.63, 3.8) is 0 Å². The summed E-state index contributed by atoms with van der Waals surface area (Å²) in [4.78, 5) is 0. The summed E-state index contributed by atoms with van der Waals surface area (Å²) in [6.45, 7) is 0. The number of rotatable bonds is 5. The van der Waals surface area contributed by atoms with E-state index in [0.29, 0.717) is 0 Å². The Labute approximate surface area is 444 Å². The first kappa shape index (κ1) is 41.8. The van der Waals surface area contributed by atoms with E-state index in [1.807, 2.05) is 18.2 Å². The molecule has 6 aromatic heterocycles. The second kappa shape index (κ2) is 15.5. The van der Waals surface area contributed by atoms with Gasteiger partial charge < -0.3 is 27.1 Å². The van der Waals surface area contributed by atoms with Crippen molar-refractivity contribution in [1.82, 2.24) is 18.3 Å². The normalized spacial score (nSPS) is 12.4. The number of fused-ring (bicyclic) bond motifs is 20. The highest BCUT2D eigenvalue weighted by Gasteiger charge is 2.25. The van der Waals surface area contributed by atoms with Gasteiger partial charge in [-0.15, -0.1) is 0 Å². The van der Waals surface area contributed by atoms with Crippen molar-refractivity contribution in [3.8, 4) is 33.9 Å². The van der Waals surface area contributed by atoms with E-state index in [2.05, 4.69) is 255 Å². The number of hydrogen-bond donors (Lipinski definition) is 0. The summed E-state index contributed by atoms with van der Waals surface area (Å²) in [7, 11) is 0. The molecule has 18 rings (SSSR count). The Morgan fingerprint density at radius 1 is 0.231 bits per heavy atom. The topological polar surface area (TPSA) is 46.0 Å². The number of benzene rings is 12. The van der Waals surface area contributed by atoms with E-state index in [-0.39, 0.29) is 0 Å². The van der Waals surface area contributed by atoms with Crippen LogP contribution in [0.3, 0.4) is 0 Å². The Hall–Kier alpha value is -10.6. The van der Waals surface area contributed by atoms with Gasteiger partial charge in [-0.05, 0) is 102 Å². The maximum Gasteiger partial charge on any atom is 0.159 e. The van der Waals surface area contributed by atoms with E-state index < -0.39 is 0 Å². The average molecular weight is 995 g/mol. The molecular formula is C72H42N4O2. The summed E-state index contributed by atoms with van der Waals surface area (Å²) < 4.78 is 23.1. The summed E-state index contributed by atoms with van der Waals surface area (Å²) in [6, 6.07) is 92.5. The first-order valence-electron chi connectivity index (χ1n) is 26.7. The van der Waals surface area contributed by atoms with Crippen molar-refractivity contribution in [2.45, 2.75) is 0 Å². The van der Waals surface area contributed by atoms with Crippen LogP contribution in [0.25, 0.3) is 165 Å². The highest BCUT2D eigenvalue weighted by molar-refractivity contribution is 6.28. The number of hydrogen-bond acceptors (Lipinski definition) is 2. The van der Waals surface area contributed by atoms with Crippen molar-refractivity contribution in [3.05, 3.63) is 255 Å². The van der Waals surface area contributed by atoms with Crippen LogP contribution in [-0.4, -0.2) is 18.3 Å². The Morgan fingerprint density at radius 3 is 1.41 bits per heavy atom. The first-order chi connectivity index (χ1) is 38.7. The average Bonchev–Trinajstić information content (AvgIpc) is 4.30. The van der Waals surface area contributed by atoms with Gasteiger partial charge in [0.1, 0.15) is 16.7 Å². The standard InChI is InChI=1S/C72H42N4O2/c1-2-15-45(16-3-1)74-58-23-9-4-17-48(58)53-38-40-62-69(70(53)74)57-35-31-44(41-64(57)76(62)63-26-14-22-55-51-20-8-13-28-66(51)78-72(55)63)43-29-32-46(33-30-43)73-60-25-11-6-21-56(60)68-61(73)39-37-54-49-18-5-10-24-59(49)75(71(54)68)47-34-36-52-50-19-7-12-27-65(50)77-67(52)42-47/h1-42H. The predicted molar refractivity (Wildman–Crippen MR) is 324 cm³/mol. The van der Waals surface area contributed by atoms with Gasteiger partial charge in [-0.25, -0.2) is 0 Å². The maximum absolute atomic E-state index is 6.82. The monoisotopic (exact) mass is 994 g/mol. The zero-order chi connectivity index (χ0) is 50.7. The molecule has 0 spiro atoms. The molecule has 0 saturated carbocycles. The molecule has 12 aromatic carbocycles. The van der Waals surface area contributed by atoms with Crippen molar-refractivity contribution >= 4 is 131 Å². The SMILES string of the molecule is c1ccc(-n2c3ccccc3c3ccc4c(c5ccc(-c6ccc(-n7c8ccccc8c8c7ccc7c9ccccc9n(-c9ccc%10c(c9)oc9ccccc9%10)c78)cc6)cc5n4-c4cccc5c4oc4ccccc45)c32)cc1. The molecule has 0 radical (unpaired) electrons. The van der Waals surface area contributed by atoms with Crippen molar-refractivity contribution in [2.75, 3.05) is 0 Å². The van der Waals surface area contributed by atoms with E-state index in [1.165, 1.54) is 59.6 Å². The number of para-hydroxylation sites is 7. The second-order valence-electron chi connectivity index (χ2n) is 20.7. The zero-order valence-electron chi connectivity index (χ0n) is 41.9. The molecule has 0 amide bonds. The van der Waals surface area contributed by atoms with Crippen LogP contribution >= 0.6 is 0 Å². The highest BCUT2D eigenvalue weighted by atomic mass is 16.3. The van der Waals surface area contributed by atoms with Gasteiger partial charge in [-0.2, -0.15) is 0 Å². The summed E-state index contributed by atoms with van der Waals surface area (Å²) in [5, 5.41) is 14.1. The van der Waals surface area contributed by atoms with Gasteiger partial charge in [0.15, 0.2) is 5.58 Å². The molecule has 0 atom stereocenters. The Kier molecular flexibility index (Phi) is 8.30. The third-order valence-electron chi connectivity index (χ3n) is 16.8. The predicted octanol–water partition coefficient (Wildman–Crippen LogP) is 19.5.